The number of ether oxygens (including phenoxy) is 2. The molecular weight excluding hydrogens is 356 g/mol. The molecule has 28 heavy (non-hydrogen) atoms. The molecule has 1 N–H and O–H groups in total. The van der Waals surface area contributed by atoms with Gasteiger partial charge in [0.2, 0.25) is 5.88 Å². The van der Waals surface area contributed by atoms with Crippen LogP contribution in [0.2, 0.25) is 0 Å². The van der Waals surface area contributed by atoms with Crippen molar-refractivity contribution in [3.05, 3.63) is 83.6 Å². The zero-order valence-electron chi connectivity index (χ0n) is 15.6. The van der Waals surface area contributed by atoms with Crippen molar-refractivity contribution in [2.45, 2.75) is 13.8 Å². The largest absolute Gasteiger partial charge is 0.452 e. The fourth-order valence-corrected chi connectivity index (χ4v) is 2.58. The molecule has 0 aliphatic heterocycles. The van der Waals surface area contributed by atoms with Crippen LogP contribution in [0.3, 0.4) is 0 Å². The van der Waals surface area contributed by atoms with Gasteiger partial charge in [-0.25, -0.2) is 9.78 Å². The Morgan fingerprint density at radius 3 is 2.54 bits per heavy atom. The number of hydrogen-bond acceptors (Lipinski definition) is 5. The van der Waals surface area contributed by atoms with Gasteiger partial charge in [-0.2, -0.15) is 0 Å². The molecule has 0 atom stereocenters. The molecule has 3 aromatic rings. The number of hydrogen-bond donors (Lipinski definition) is 1. The van der Waals surface area contributed by atoms with E-state index in [9.17, 15) is 9.59 Å². The zero-order chi connectivity index (χ0) is 19.9. The van der Waals surface area contributed by atoms with E-state index < -0.39 is 18.5 Å². The smallest absolute Gasteiger partial charge is 0.344 e. The van der Waals surface area contributed by atoms with Crippen LogP contribution in [0.5, 0.6) is 11.6 Å². The quantitative estimate of drug-likeness (QED) is 0.650. The van der Waals surface area contributed by atoms with Crippen molar-refractivity contribution in [2.24, 2.45) is 0 Å². The summed E-state index contributed by atoms with van der Waals surface area (Å²) in [5.74, 6) is -0.444. The minimum atomic E-state index is -0.685. The third-order valence-electron chi connectivity index (χ3n) is 3.94. The van der Waals surface area contributed by atoms with E-state index in [4.69, 9.17) is 9.47 Å². The molecule has 0 fully saturated rings. The molecule has 1 heterocycles. The molecule has 1 aromatic heterocycles. The first-order valence-electron chi connectivity index (χ1n) is 8.75. The number of nitrogens with one attached hydrogen (secondary N) is 1. The van der Waals surface area contributed by atoms with E-state index in [0.29, 0.717) is 11.4 Å². The van der Waals surface area contributed by atoms with Crippen molar-refractivity contribution in [3.8, 4) is 11.6 Å². The number of amides is 1. The van der Waals surface area contributed by atoms with Crippen molar-refractivity contribution in [3.63, 3.8) is 0 Å². The van der Waals surface area contributed by atoms with E-state index in [0.717, 1.165) is 11.1 Å². The van der Waals surface area contributed by atoms with Gasteiger partial charge in [0, 0.05) is 11.9 Å². The number of rotatable bonds is 6. The molecule has 1 amide bonds. The number of carbonyl (C=O) groups is 2. The number of nitrogens with zero attached hydrogens (tertiary/aromatic N) is 1. The van der Waals surface area contributed by atoms with Gasteiger partial charge in [0.05, 0.1) is 0 Å². The summed E-state index contributed by atoms with van der Waals surface area (Å²) >= 11 is 0. The predicted molar refractivity (Wildman–Crippen MR) is 106 cm³/mol. The minimum Gasteiger partial charge on any atom is -0.452 e. The second-order valence-electron chi connectivity index (χ2n) is 6.21. The van der Waals surface area contributed by atoms with Gasteiger partial charge in [0.1, 0.15) is 11.3 Å². The van der Waals surface area contributed by atoms with Crippen molar-refractivity contribution in [1.82, 2.24) is 4.98 Å². The van der Waals surface area contributed by atoms with Gasteiger partial charge in [-0.1, -0.05) is 35.9 Å². The van der Waals surface area contributed by atoms with Gasteiger partial charge in [0.15, 0.2) is 6.61 Å². The third-order valence-corrected chi connectivity index (χ3v) is 3.94. The molecule has 6 nitrogen and oxygen atoms in total. The van der Waals surface area contributed by atoms with Crippen LogP contribution in [0.15, 0.2) is 66.9 Å². The second kappa shape index (κ2) is 8.81. The molecule has 0 aliphatic carbocycles. The van der Waals surface area contributed by atoms with E-state index in [2.05, 4.69) is 10.3 Å². The number of carbonyl (C=O) groups excluding carboxylic acids is 2. The summed E-state index contributed by atoms with van der Waals surface area (Å²) < 4.78 is 10.8. The van der Waals surface area contributed by atoms with Gasteiger partial charge in [0.25, 0.3) is 5.91 Å². The first kappa shape index (κ1) is 19.1. The molecule has 0 saturated carbocycles. The van der Waals surface area contributed by atoms with E-state index in [1.165, 1.54) is 12.3 Å². The summed E-state index contributed by atoms with van der Waals surface area (Å²) in [7, 11) is 0. The second-order valence-corrected chi connectivity index (χ2v) is 6.21. The standard InChI is InChI=1S/C22H20N2O4/c1-15-10-11-19(16(2)13-15)24-20(25)14-27-22(26)18-9-6-12-23-21(18)28-17-7-4-3-5-8-17/h3-13H,14H2,1-2H3,(H,24,25). The minimum absolute atomic E-state index is 0.119. The summed E-state index contributed by atoms with van der Waals surface area (Å²) in [5.41, 5.74) is 2.86. The number of pyridine rings is 1. The molecule has 3 rings (SSSR count). The van der Waals surface area contributed by atoms with Crippen molar-refractivity contribution < 1.29 is 19.1 Å². The van der Waals surface area contributed by atoms with E-state index >= 15 is 0 Å². The molecule has 0 saturated heterocycles. The topological polar surface area (TPSA) is 77.5 Å². The van der Waals surface area contributed by atoms with Crippen molar-refractivity contribution in [1.29, 1.82) is 0 Å². The third kappa shape index (κ3) is 4.94. The van der Waals surface area contributed by atoms with Crippen LogP contribution in [0.4, 0.5) is 5.69 Å². The van der Waals surface area contributed by atoms with Gasteiger partial charge in [-0.05, 0) is 49.7 Å². The van der Waals surface area contributed by atoms with Gasteiger partial charge in [-0.15, -0.1) is 0 Å². The highest BCUT2D eigenvalue weighted by Crippen LogP contribution is 2.23. The molecule has 0 bridgehead atoms. The number of para-hydroxylation sites is 1. The highest BCUT2D eigenvalue weighted by Gasteiger charge is 2.17. The maximum absolute atomic E-state index is 12.4. The molecule has 0 unspecified atom stereocenters. The summed E-state index contributed by atoms with van der Waals surface area (Å²) in [6.07, 6.45) is 1.52. The Kier molecular flexibility index (Phi) is 6.01. The zero-order valence-corrected chi connectivity index (χ0v) is 15.6. The molecule has 0 aliphatic rings. The number of anilines is 1. The van der Waals surface area contributed by atoms with Gasteiger partial charge < -0.3 is 14.8 Å². The first-order chi connectivity index (χ1) is 13.5. The van der Waals surface area contributed by atoms with E-state index in [1.807, 2.05) is 50.2 Å². The fourth-order valence-electron chi connectivity index (χ4n) is 2.58. The average molecular weight is 376 g/mol. The van der Waals surface area contributed by atoms with Crippen molar-refractivity contribution >= 4 is 17.6 Å². The number of aryl methyl sites for hydroxylation is 2. The number of esters is 1. The van der Waals surface area contributed by atoms with Crippen LogP contribution in [0, 0.1) is 13.8 Å². The fraction of sp³-hybridized carbons (Fsp3) is 0.136. The van der Waals surface area contributed by atoms with E-state index in [-0.39, 0.29) is 11.4 Å². The summed E-state index contributed by atoms with van der Waals surface area (Å²) in [6, 6.07) is 17.8. The normalized spacial score (nSPS) is 10.2. The summed E-state index contributed by atoms with van der Waals surface area (Å²) in [5, 5.41) is 2.74. The molecule has 0 radical (unpaired) electrons. The lowest BCUT2D eigenvalue weighted by molar-refractivity contribution is -0.119. The van der Waals surface area contributed by atoms with Crippen LogP contribution < -0.4 is 10.1 Å². The van der Waals surface area contributed by atoms with Crippen molar-refractivity contribution in [2.75, 3.05) is 11.9 Å². The lowest BCUT2D eigenvalue weighted by atomic mass is 10.1. The van der Waals surface area contributed by atoms with E-state index in [1.54, 1.807) is 18.2 Å². The number of aromatic nitrogens is 1. The van der Waals surface area contributed by atoms with Crippen LogP contribution in [-0.4, -0.2) is 23.5 Å². The van der Waals surface area contributed by atoms with Crippen LogP contribution in [0.1, 0.15) is 21.5 Å². The Bertz CT molecular complexity index is 987. The highest BCUT2D eigenvalue weighted by molar-refractivity contribution is 5.96. The first-order valence-corrected chi connectivity index (χ1v) is 8.75. The molecular formula is C22H20N2O4. The molecule has 6 heteroatoms. The lowest BCUT2D eigenvalue weighted by Crippen LogP contribution is -2.21. The SMILES string of the molecule is Cc1ccc(NC(=O)COC(=O)c2cccnc2Oc2ccccc2)c(C)c1. The van der Waals surface area contributed by atoms with Gasteiger partial charge in [-0.3, -0.25) is 4.79 Å². The average Bonchev–Trinajstić information content (AvgIpc) is 2.69. The monoisotopic (exact) mass is 376 g/mol. The molecule has 0 spiro atoms. The Balaban J connectivity index is 1.62. The van der Waals surface area contributed by atoms with Crippen LogP contribution in [-0.2, 0) is 9.53 Å². The number of benzene rings is 2. The Morgan fingerprint density at radius 1 is 1.00 bits per heavy atom. The summed E-state index contributed by atoms with van der Waals surface area (Å²) in [6.45, 7) is 3.46. The maximum Gasteiger partial charge on any atom is 0.344 e. The molecule has 142 valence electrons. The Morgan fingerprint density at radius 2 is 1.79 bits per heavy atom. The molecule has 2 aromatic carbocycles. The highest BCUT2D eigenvalue weighted by atomic mass is 16.5. The van der Waals surface area contributed by atoms with Crippen LogP contribution in [0.25, 0.3) is 0 Å². The lowest BCUT2D eigenvalue weighted by Gasteiger charge is -2.11. The predicted octanol–water partition coefficient (Wildman–Crippen LogP) is 4.29. The maximum atomic E-state index is 12.4. The Labute approximate surface area is 163 Å². The summed E-state index contributed by atoms with van der Waals surface area (Å²) in [4.78, 5) is 28.6. The van der Waals surface area contributed by atoms with Crippen LogP contribution >= 0.6 is 0 Å². The van der Waals surface area contributed by atoms with Gasteiger partial charge >= 0.3 is 5.97 Å². The Hall–Kier alpha value is -3.67.